The van der Waals surface area contributed by atoms with Crippen LogP contribution in [0, 0.1) is 13.8 Å². The number of ether oxygens (including phenoxy) is 1. The van der Waals surface area contributed by atoms with Crippen molar-refractivity contribution in [2.45, 2.75) is 27.2 Å². The van der Waals surface area contributed by atoms with E-state index >= 15 is 0 Å². The van der Waals surface area contributed by atoms with E-state index in [9.17, 15) is 14.4 Å². The third kappa shape index (κ3) is 4.95. The van der Waals surface area contributed by atoms with Crippen molar-refractivity contribution < 1.29 is 19.1 Å². The Labute approximate surface area is 147 Å². The molecule has 0 radical (unpaired) electrons. The summed E-state index contributed by atoms with van der Waals surface area (Å²) in [6, 6.07) is 5.66. The van der Waals surface area contributed by atoms with Crippen LogP contribution in [-0.2, 0) is 14.3 Å². The fourth-order valence-corrected chi connectivity index (χ4v) is 2.68. The predicted molar refractivity (Wildman–Crippen MR) is 94.3 cm³/mol. The van der Waals surface area contributed by atoms with Crippen molar-refractivity contribution in [3.63, 3.8) is 0 Å². The summed E-state index contributed by atoms with van der Waals surface area (Å²) >= 11 is 0. The SMILES string of the molecule is CCOC(=O)N1CCN(C(=O)CC(=O)Nc2cccc(C)c2C)CC1. The van der Waals surface area contributed by atoms with Gasteiger partial charge in [-0.15, -0.1) is 0 Å². The van der Waals surface area contributed by atoms with Crippen LogP contribution in [0.15, 0.2) is 18.2 Å². The molecule has 0 spiro atoms. The van der Waals surface area contributed by atoms with E-state index < -0.39 is 0 Å². The molecule has 1 aliphatic rings. The van der Waals surface area contributed by atoms with Crippen molar-refractivity contribution in [1.29, 1.82) is 0 Å². The number of carbonyl (C=O) groups excluding carboxylic acids is 3. The Bertz CT molecular complexity index is 652. The summed E-state index contributed by atoms with van der Waals surface area (Å²) in [5.41, 5.74) is 2.80. The molecule has 25 heavy (non-hydrogen) atoms. The zero-order chi connectivity index (χ0) is 18.4. The maximum atomic E-state index is 12.3. The van der Waals surface area contributed by atoms with Gasteiger partial charge in [0.1, 0.15) is 6.42 Å². The highest BCUT2D eigenvalue weighted by Gasteiger charge is 2.25. The molecule has 1 fully saturated rings. The Morgan fingerprint density at radius 3 is 2.36 bits per heavy atom. The van der Waals surface area contributed by atoms with E-state index in [1.165, 1.54) is 0 Å². The summed E-state index contributed by atoms with van der Waals surface area (Å²) in [5.74, 6) is -0.558. The Morgan fingerprint density at radius 1 is 1.08 bits per heavy atom. The van der Waals surface area contributed by atoms with E-state index in [1.54, 1.807) is 16.7 Å². The molecule has 0 unspecified atom stereocenters. The Balaban J connectivity index is 1.83. The van der Waals surface area contributed by atoms with Crippen LogP contribution in [0.4, 0.5) is 10.5 Å². The van der Waals surface area contributed by atoms with E-state index in [-0.39, 0.29) is 24.3 Å². The van der Waals surface area contributed by atoms with E-state index in [1.807, 2.05) is 32.0 Å². The van der Waals surface area contributed by atoms with Crippen LogP contribution in [0.2, 0.25) is 0 Å². The number of nitrogens with one attached hydrogen (secondary N) is 1. The first kappa shape index (κ1) is 18.8. The zero-order valence-corrected chi connectivity index (χ0v) is 15.0. The molecule has 0 saturated carbocycles. The van der Waals surface area contributed by atoms with Gasteiger partial charge in [-0.2, -0.15) is 0 Å². The predicted octanol–water partition coefficient (Wildman–Crippen LogP) is 1.93. The van der Waals surface area contributed by atoms with Gasteiger partial charge in [-0.25, -0.2) is 4.79 Å². The largest absolute Gasteiger partial charge is 0.450 e. The van der Waals surface area contributed by atoms with Gasteiger partial charge in [-0.3, -0.25) is 9.59 Å². The smallest absolute Gasteiger partial charge is 0.409 e. The minimum atomic E-state index is -0.359. The number of rotatable bonds is 4. The average Bonchev–Trinajstić information content (AvgIpc) is 2.59. The second-order valence-electron chi connectivity index (χ2n) is 6.04. The Kier molecular flexibility index (Phi) is 6.38. The highest BCUT2D eigenvalue weighted by atomic mass is 16.6. The van der Waals surface area contributed by atoms with Crippen molar-refractivity contribution in [2.24, 2.45) is 0 Å². The van der Waals surface area contributed by atoms with Crippen molar-refractivity contribution in [3.8, 4) is 0 Å². The fraction of sp³-hybridized carbons (Fsp3) is 0.500. The molecule has 3 amide bonds. The topological polar surface area (TPSA) is 79.0 Å². The van der Waals surface area contributed by atoms with E-state index in [4.69, 9.17) is 4.74 Å². The number of aryl methyl sites for hydroxylation is 1. The molecule has 0 aromatic heterocycles. The van der Waals surface area contributed by atoms with Crippen LogP contribution in [-0.4, -0.2) is 60.5 Å². The van der Waals surface area contributed by atoms with Gasteiger partial charge >= 0.3 is 6.09 Å². The molecule has 2 rings (SSSR count). The van der Waals surface area contributed by atoms with E-state index in [2.05, 4.69) is 5.32 Å². The van der Waals surface area contributed by atoms with Crippen LogP contribution in [0.25, 0.3) is 0 Å². The number of nitrogens with zero attached hydrogens (tertiary/aromatic N) is 2. The van der Waals surface area contributed by atoms with Crippen LogP contribution in [0.5, 0.6) is 0 Å². The summed E-state index contributed by atoms with van der Waals surface area (Å²) < 4.78 is 4.95. The minimum Gasteiger partial charge on any atom is -0.450 e. The van der Waals surface area contributed by atoms with Gasteiger partial charge in [0.05, 0.1) is 6.61 Å². The number of hydrogen-bond acceptors (Lipinski definition) is 4. The third-order valence-electron chi connectivity index (χ3n) is 4.35. The lowest BCUT2D eigenvalue weighted by molar-refractivity contribution is -0.135. The van der Waals surface area contributed by atoms with E-state index in [0.29, 0.717) is 32.8 Å². The highest BCUT2D eigenvalue weighted by molar-refractivity contribution is 6.04. The molecule has 1 aliphatic heterocycles. The molecule has 1 aromatic carbocycles. The summed E-state index contributed by atoms with van der Waals surface area (Å²) in [5, 5.41) is 2.79. The number of anilines is 1. The van der Waals surface area contributed by atoms with Crippen LogP contribution < -0.4 is 5.32 Å². The van der Waals surface area contributed by atoms with Crippen molar-refractivity contribution in [2.75, 3.05) is 38.1 Å². The van der Waals surface area contributed by atoms with Crippen molar-refractivity contribution in [3.05, 3.63) is 29.3 Å². The standard InChI is InChI=1S/C18H25N3O4/c1-4-25-18(24)21-10-8-20(9-11-21)17(23)12-16(22)19-15-7-5-6-13(2)14(15)3/h5-7H,4,8-12H2,1-3H3,(H,19,22). The van der Waals surface area contributed by atoms with Crippen LogP contribution in [0.1, 0.15) is 24.5 Å². The van der Waals surface area contributed by atoms with Gasteiger partial charge in [-0.1, -0.05) is 12.1 Å². The van der Waals surface area contributed by atoms with Crippen molar-refractivity contribution >= 4 is 23.6 Å². The quantitative estimate of drug-likeness (QED) is 0.844. The van der Waals surface area contributed by atoms with Gasteiger partial charge in [0.25, 0.3) is 0 Å². The molecule has 7 heteroatoms. The second-order valence-corrected chi connectivity index (χ2v) is 6.04. The lowest BCUT2D eigenvalue weighted by Gasteiger charge is -2.34. The first-order valence-corrected chi connectivity index (χ1v) is 8.48. The number of hydrogen-bond donors (Lipinski definition) is 1. The lowest BCUT2D eigenvalue weighted by Crippen LogP contribution is -2.51. The van der Waals surface area contributed by atoms with Gasteiger partial charge < -0.3 is 19.9 Å². The lowest BCUT2D eigenvalue weighted by atomic mass is 10.1. The highest BCUT2D eigenvalue weighted by Crippen LogP contribution is 2.18. The first-order valence-electron chi connectivity index (χ1n) is 8.48. The first-order chi connectivity index (χ1) is 11.9. The molecule has 1 N–H and O–H groups in total. The monoisotopic (exact) mass is 347 g/mol. The number of carbonyl (C=O) groups is 3. The minimum absolute atomic E-state index is 0.202. The zero-order valence-electron chi connectivity index (χ0n) is 15.0. The van der Waals surface area contributed by atoms with E-state index in [0.717, 1.165) is 16.8 Å². The van der Waals surface area contributed by atoms with Crippen LogP contribution >= 0.6 is 0 Å². The maximum absolute atomic E-state index is 12.3. The normalized spacial score (nSPS) is 14.2. The summed E-state index contributed by atoms with van der Waals surface area (Å²) in [4.78, 5) is 39.3. The molecule has 0 atom stereocenters. The molecule has 1 aromatic rings. The number of benzene rings is 1. The van der Waals surface area contributed by atoms with Crippen LogP contribution in [0.3, 0.4) is 0 Å². The van der Waals surface area contributed by atoms with Gasteiger partial charge in [-0.05, 0) is 38.0 Å². The number of piperazine rings is 1. The molecule has 1 saturated heterocycles. The molecule has 0 bridgehead atoms. The Morgan fingerprint density at radius 2 is 1.72 bits per heavy atom. The summed E-state index contributed by atoms with van der Waals surface area (Å²) in [6.45, 7) is 7.65. The maximum Gasteiger partial charge on any atom is 0.409 e. The fourth-order valence-electron chi connectivity index (χ4n) is 2.68. The summed E-state index contributed by atoms with van der Waals surface area (Å²) in [7, 11) is 0. The summed E-state index contributed by atoms with van der Waals surface area (Å²) in [6.07, 6.45) is -0.561. The molecule has 0 aliphatic carbocycles. The van der Waals surface area contributed by atoms with Crippen molar-refractivity contribution in [1.82, 2.24) is 9.80 Å². The third-order valence-corrected chi connectivity index (χ3v) is 4.35. The average molecular weight is 347 g/mol. The molecular weight excluding hydrogens is 322 g/mol. The Hall–Kier alpha value is -2.57. The second kappa shape index (κ2) is 8.50. The molecule has 136 valence electrons. The molecule has 7 nitrogen and oxygen atoms in total. The van der Waals surface area contributed by atoms with Gasteiger partial charge in [0.15, 0.2) is 0 Å². The molecular formula is C18H25N3O4. The molecule has 1 heterocycles. The van der Waals surface area contributed by atoms with Gasteiger partial charge in [0, 0.05) is 31.9 Å². The number of amides is 3. The van der Waals surface area contributed by atoms with Gasteiger partial charge in [0.2, 0.25) is 11.8 Å².